The zero-order valence-electron chi connectivity index (χ0n) is 17.2. The summed E-state index contributed by atoms with van der Waals surface area (Å²) in [6, 6.07) is 0. The maximum Gasteiger partial charge on any atom is 0.0594 e. The van der Waals surface area contributed by atoms with E-state index in [-0.39, 0.29) is 0 Å². The molecule has 0 nitrogen and oxygen atoms in total. The van der Waals surface area contributed by atoms with Crippen LogP contribution in [0, 0.1) is 0 Å². The molecular weight excluding hydrogens is 295 g/mol. The van der Waals surface area contributed by atoms with Crippen molar-refractivity contribution >= 4 is 7.26 Å². The van der Waals surface area contributed by atoms with Crippen LogP contribution in [0.3, 0.4) is 0 Å². The van der Waals surface area contributed by atoms with Gasteiger partial charge in [0.15, 0.2) is 0 Å². The molecule has 0 saturated carbocycles. The molecule has 0 radical (unpaired) electrons. The SMILES string of the molecule is CCCCCCCC[P+](CCC)(CCCCC)CCCCCC. The predicted octanol–water partition coefficient (Wildman–Crippen LogP) is 8.55. The molecule has 0 rings (SSSR count). The predicted molar refractivity (Wildman–Crippen MR) is 114 cm³/mol. The highest BCUT2D eigenvalue weighted by Crippen LogP contribution is 2.61. The van der Waals surface area contributed by atoms with Crippen LogP contribution in [-0.4, -0.2) is 24.6 Å². The second-order valence-electron chi connectivity index (χ2n) is 7.77. The lowest BCUT2D eigenvalue weighted by Crippen LogP contribution is -2.12. The Morgan fingerprint density at radius 2 is 0.696 bits per heavy atom. The molecule has 140 valence electrons. The summed E-state index contributed by atoms with van der Waals surface area (Å²) >= 11 is 0. The van der Waals surface area contributed by atoms with Crippen LogP contribution in [-0.2, 0) is 0 Å². The third-order valence-corrected chi connectivity index (χ3v) is 10.6. The Balaban J connectivity index is 4.32. The van der Waals surface area contributed by atoms with Gasteiger partial charge in [-0.3, -0.25) is 0 Å². The van der Waals surface area contributed by atoms with Gasteiger partial charge in [-0.1, -0.05) is 79.1 Å². The summed E-state index contributed by atoms with van der Waals surface area (Å²) in [5.74, 6) is 0. The first-order chi connectivity index (χ1) is 11.2. The van der Waals surface area contributed by atoms with Gasteiger partial charge in [0.25, 0.3) is 0 Å². The molecule has 0 bridgehead atoms. The van der Waals surface area contributed by atoms with E-state index in [1.807, 2.05) is 0 Å². The molecular formula is C22H48P+. The summed E-state index contributed by atoms with van der Waals surface area (Å²) in [6.45, 7) is 9.45. The minimum atomic E-state index is -0.622. The van der Waals surface area contributed by atoms with Crippen molar-refractivity contribution in [2.75, 3.05) is 24.6 Å². The van der Waals surface area contributed by atoms with Gasteiger partial charge in [0.1, 0.15) is 0 Å². The Hall–Kier alpha value is 0.430. The molecule has 23 heavy (non-hydrogen) atoms. The van der Waals surface area contributed by atoms with Crippen molar-refractivity contribution in [1.82, 2.24) is 0 Å². The largest absolute Gasteiger partial charge is 0.0654 e. The van der Waals surface area contributed by atoms with Crippen molar-refractivity contribution in [2.45, 2.75) is 118 Å². The van der Waals surface area contributed by atoms with Crippen molar-refractivity contribution in [3.63, 3.8) is 0 Å². The fourth-order valence-electron chi connectivity index (χ4n) is 3.94. The third kappa shape index (κ3) is 13.4. The van der Waals surface area contributed by atoms with Crippen molar-refractivity contribution in [3.05, 3.63) is 0 Å². The number of rotatable bonds is 18. The molecule has 0 aliphatic rings. The van der Waals surface area contributed by atoms with Crippen molar-refractivity contribution in [3.8, 4) is 0 Å². The van der Waals surface area contributed by atoms with E-state index in [1.54, 1.807) is 24.6 Å². The number of hydrogen-bond donors (Lipinski definition) is 0. The van der Waals surface area contributed by atoms with Gasteiger partial charge in [0.2, 0.25) is 0 Å². The molecule has 0 saturated heterocycles. The first-order valence-corrected chi connectivity index (χ1v) is 13.6. The van der Waals surface area contributed by atoms with Crippen LogP contribution in [0.4, 0.5) is 0 Å². The first-order valence-electron chi connectivity index (χ1n) is 11.1. The summed E-state index contributed by atoms with van der Waals surface area (Å²) in [7, 11) is -0.622. The lowest BCUT2D eigenvalue weighted by molar-refractivity contribution is 0.624. The Morgan fingerprint density at radius 1 is 0.348 bits per heavy atom. The molecule has 1 unspecified atom stereocenters. The summed E-state index contributed by atoms with van der Waals surface area (Å²) in [5, 5.41) is 0. The smallest absolute Gasteiger partial charge is 0.0594 e. The van der Waals surface area contributed by atoms with Crippen LogP contribution in [0.2, 0.25) is 0 Å². The average molecular weight is 344 g/mol. The molecule has 0 aromatic rings. The van der Waals surface area contributed by atoms with Crippen LogP contribution in [0.15, 0.2) is 0 Å². The van der Waals surface area contributed by atoms with Crippen molar-refractivity contribution in [1.29, 1.82) is 0 Å². The van der Waals surface area contributed by atoms with Gasteiger partial charge in [0, 0.05) is 7.26 Å². The first kappa shape index (κ1) is 23.4. The molecule has 0 amide bonds. The van der Waals surface area contributed by atoms with Gasteiger partial charge in [0.05, 0.1) is 24.6 Å². The highest BCUT2D eigenvalue weighted by Gasteiger charge is 2.34. The molecule has 0 aromatic carbocycles. The van der Waals surface area contributed by atoms with Gasteiger partial charge in [-0.25, -0.2) is 0 Å². The van der Waals surface area contributed by atoms with Gasteiger partial charge >= 0.3 is 0 Å². The fourth-order valence-corrected chi connectivity index (χ4v) is 8.92. The summed E-state index contributed by atoms with van der Waals surface area (Å²) in [5.41, 5.74) is 0. The molecule has 0 fully saturated rings. The Labute approximate surface area is 149 Å². The quantitative estimate of drug-likeness (QED) is 0.173. The molecule has 0 N–H and O–H groups in total. The van der Waals surface area contributed by atoms with Gasteiger partial charge in [-0.15, -0.1) is 0 Å². The van der Waals surface area contributed by atoms with Crippen molar-refractivity contribution in [2.24, 2.45) is 0 Å². The standard InChI is InChI=1S/C22H48P/c1-5-9-12-14-15-18-22-23(19-8-4,20-16-11-7-3)21-17-13-10-6-2/h5-22H2,1-4H3/q+1. The van der Waals surface area contributed by atoms with Crippen LogP contribution >= 0.6 is 7.26 Å². The van der Waals surface area contributed by atoms with E-state index in [2.05, 4.69) is 27.7 Å². The lowest BCUT2D eigenvalue weighted by Gasteiger charge is -2.28. The molecule has 1 atom stereocenters. The van der Waals surface area contributed by atoms with E-state index in [9.17, 15) is 0 Å². The van der Waals surface area contributed by atoms with E-state index >= 15 is 0 Å². The van der Waals surface area contributed by atoms with Gasteiger partial charge in [-0.2, -0.15) is 0 Å². The molecule has 0 spiro atoms. The molecule has 1 heteroatoms. The van der Waals surface area contributed by atoms with Crippen LogP contribution in [0.1, 0.15) is 118 Å². The van der Waals surface area contributed by atoms with E-state index < -0.39 is 7.26 Å². The van der Waals surface area contributed by atoms with Gasteiger partial charge in [-0.05, 0) is 38.5 Å². The monoisotopic (exact) mass is 343 g/mol. The number of hydrogen-bond acceptors (Lipinski definition) is 0. The van der Waals surface area contributed by atoms with E-state index in [0.717, 1.165) is 0 Å². The average Bonchev–Trinajstić information content (AvgIpc) is 2.55. The number of unbranched alkanes of at least 4 members (excludes halogenated alkanes) is 10. The van der Waals surface area contributed by atoms with Crippen LogP contribution < -0.4 is 0 Å². The second-order valence-corrected chi connectivity index (χ2v) is 12.2. The maximum absolute atomic E-state index is 2.43. The van der Waals surface area contributed by atoms with Crippen LogP contribution in [0.25, 0.3) is 0 Å². The summed E-state index contributed by atoms with van der Waals surface area (Å²) in [4.78, 5) is 0. The minimum absolute atomic E-state index is 0.622. The van der Waals surface area contributed by atoms with Gasteiger partial charge < -0.3 is 0 Å². The molecule has 0 aromatic heterocycles. The Bertz CT molecular complexity index is 226. The Kier molecular flexibility index (Phi) is 17.6. The Morgan fingerprint density at radius 3 is 1.17 bits per heavy atom. The highest BCUT2D eigenvalue weighted by molar-refractivity contribution is 7.75. The fraction of sp³-hybridized carbons (Fsp3) is 1.00. The molecule has 0 aliphatic carbocycles. The molecule has 0 aliphatic heterocycles. The minimum Gasteiger partial charge on any atom is -0.0654 e. The lowest BCUT2D eigenvalue weighted by atomic mass is 10.1. The third-order valence-electron chi connectivity index (χ3n) is 5.41. The maximum atomic E-state index is 2.43. The normalized spacial score (nSPS) is 14.1. The second kappa shape index (κ2) is 17.3. The topological polar surface area (TPSA) is 0 Å². The summed E-state index contributed by atoms with van der Waals surface area (Å²) < 4.78 is 0. The van der Waals surface area contributed by atoms with Crippen molar-refractivity contribution < 1.29 is 0 Å². The van der Waals surface area contributed by atoms with E-state index in [4.69, 9.17) is 0 Å². The zero-order chi connectivity index (χ0) is 17.2. The molecule has 0 heterocycles. The highest BCUT2D eigenvalue weighted by atomic mass is 31.2. The van der Waals surface area contributed by atoms with Crippen LogP contribution in [0.5, 0.6) is 0 Å². The van der Waals surface area contributed by atoms with E-state index in [1.165, 1.54) is 89.9 Å². The van der Waals surface area contributed by atoms with E-state index in [0.29, 0.717) is 0 Å². The zero-order valence-corrected chi connectivity index (χ0v) is 18.1. The summed E-state index contributed by atoms with van der Waals surface area (Å²) in [6.07, 6.45) is 27.0.